The molecule has 4 N–H and O–H groups in total. The SMILES string of the molecule is CCn1nc(C)cc1C(=O)Nc1nc2cc(C(N)=O)cc(OC)c2n1CCCNC(=O)N(C)CC1=CCCOC1. The van der Waals surface area contributed by atoms with E-state index in [0.717, 1.165) is 17.7 Å². The monoisotopic (exact) mass is 552 g/mol. The van der Waals surface area contributed by atoms with Crippen LogP contribution in [0.2, 0.25) is 0 Å². The quantitative estimate of drug-likeness (QED) is 0.243. The molecule has 0 atom stereocenters. The van der Waals surface area contributed by atoms with Crippen molar-refractivity contribution in [2.24, 2.45) is 5.73 Å². The first-order chi connectivity index (χ1) is 19.2. The third-order valence-electron chi connectivity index (χ3n) is 6.58. The predicted molar refractivity (Wildman–Crippen MR) is 150 cm³/mol. The molecule has 0 radical (unpaired) electrons. The number of aromatic nitrogens is 4. The molecule has 0 bridgehead atoms. The topological polar surface area (TPSA) is 159 Å². The lowest BCUT2D eigenvalue weighted by Gasteiger charge is -2.22. The Labute approximate surface area is 232 Å². The van der Waals surface area contributed by atoms with Gasteiger partial charge in [-0.1, -0.05) is 6.08 Å². The number of aryl methyl sites for hydroxylation is 3. The standard InChI is InChI=1S/C27H36N8O5/c1-5-35-21(12-17(2)32-35)25(37)31-26-30-20-13-19(24(28)36)14-22(39-4)23(20)34(26)10-7-9-29-27(38)33(3)15-18-8-6-11-40-16-18/h8,12-14H,5-7,9-11,15-16H2,1-4H3,(H2,28,36)(H,29,38)(H,30,31,37). The third-order valence-corrected chi connectivity index (χ3v) is 6.58. The van der Waals surface area contributed by atoms with E-state index in [0.29, 0.717) is 68.3 Å². The molecule has 0 spiro atoms. The number of imidazole rings is 1. The van der Waals surface area contributed by atoms with Gasteiger partial charge in [0.25, 0.3) is 5.91 Å². The van der Waals surface area contributed by atoms with E-state index >= 15 is 0 Å². The molecule has 0 saturated carbocycles. The van der Waals surface area contributed by atoms with Crippen molar-refractivity contribution in [2.45, 2.75) is 39.8 Å². The fourth-order valence-corrected chi connectivity index (χ4v) is 4.64. The van der Waals surface area contributed by atoms with Gasteiger partial charge in [-0.25, -0.2) is 9.78 Å². The lowest BCUT2D eigenvalue weighted by molar-refractivity contribution is 0.0995. The molecule has 4 amide bonds. The van der Waals surface area contributed by atoms with Gasteiger partial charge in [-0.15, -0.1) is 0 Å². The number of benzene rings is 1. The summed E-state index contributed by atoms with van der Waals surface area (Å²) in [5.41, 5.74) is 8.98. The fourth-order valence-electron chi connectivity index (χ4n) is 4.64. The van der Waals surface area contributed by atoms with Crippen LogP contribution in [0.25, 0.3) is 11.0 Å². The smallest absolute Gasteiger partial charge is 0.317 e. The van der Waals surface area contributed by atoms with Crippen LogP contribution in [0.5, 0.6) is 5.75 Å². The van der Waals surface area contributed by atoms with E-state index in [-0.39, 0.29) is 23.5 Å². The van der Waals surface area contributed by atoms with Gasteiger partial charge in [-0.2, -0.15) is 5.10 Å². The minimum atomic E-state index is -0.620. The zero-order valence-corrected chi connectivity index (χ0v) is 23.3. The molecule has 0 fully saturated rings. The summed E-state index contributed by atoms with van der Waals surface area (Å²) in [6.45, 7) is 6.78. The van der Waals surface area contributed by atoms with Gasteiger partial charge in [0.2, 0.25) is 11.9 Å². The van der Waals surface area contributed by atoms with Gasteiger partial charge >= 0.3 is 6.03 Å². The average Bonchev–Trinajstić information content (AvgIpc) is 3.50. The number of urea groups is 1. The minimum Gasteiger partial charge on any atom is -0.494 e. The van der Waals surface area contributed by atoms with Crippen LogP contribution >= 0.6 is 0 Å². The van der Waals surface area contributed by atoms with Crippen molar-refractivity contribution in [3.05, 3.63) is 46.8 Å². The van der Waals surface area contributed by atoms with Gasteiger partial charge in [-0.05, 0) is 50.5 Å². The van der Waals surface area contributed by atoms with Gasteiger partial charge in [0, 0.05) is 38.8 Å². The van der Waals surface area contributed by atoms with Crippen LogP contribution in [0.3, 0.4) is 0 Å². The van der Waals surface area contributed by atoms with Crippen molar-refractivity contribution in [1.29, 1.82) is 0 Å². The predicted octanol–water partition coefficient (Wildman–Crippen LogP) is 2.30. The van der Waals surface area contributed by atoms with Crippen LogP contribution in [-0.2, 0) is 17.8 Å². The molecule has 4 rings (SSSR count). The van der Waals surface area contributed by atoms with Crippen molar-refractivity contribution in [1.82, 2.24) is 29.5 Å². The van der Waals surface area contributed by atoms with Crippen LogP contribution in [-0.4, -0.2) is 82.5 Å². The summed E-state index contributed by atoms with van der Waals surface area (Å²) in [6, 6.07) is 4.62. The average molecular weight is 553 g/mol. The van der Waals surface area contributed by atoms with Crippen molar-refractivity contribution >= 4 is 34.8 Å². The van der Waals surface area contributed by atoms with Gasteiger partial charge in [0.15, 0.2) is 0 Å². The number of likely N-dealkylation sites (N-methyl/N-ethyl adjacent to an activating group) is 1. The molecule has 1 aliphatic heterocycles. The summed E-state index contributed by atoms with van der Waals surface area (Å²) in [4.78, 5) is 43.9. The molecular formula is C27H36N8O5. The molecule has 0 aliphatic carbocycles. The highest BCUT2D eigenvalue weighted by molar-refractivity contribution is 6.04. The van der Waals surface area contributed by atoms with E-state index < -0.39 is 5.91 Å². The highest BCUT2D eigenvalue weighted by atomic mass is 16.5. The fraction of sp³-hybridized carbons (Fsp3) is 0.444. The third kappa shape index (κ3) is 6.42. The molecule has 1 aromatic carbocycles. The molecule has 3 aromatic rings. The van der Waals surface area contributed by atoms with E-state index in [4.69, 9.17) is 15.2 Å². The number of fused-ring (bicyclic) bond motifs is 1. The number of anilines is 1. The van der Waals surface area contributed by atoms with Crippen LogP contribution in [0, 0.1) is 6.92 Å². The maximum Gasteiger partial charge on any atom is 0.317 e. The molecule has 0 unspecified atom stereocenters. The highest BCUT2D eigenvalue weighted by Crippen LogP contribution is 2.31. The van der Waals surface area contributed by atoms with Gasteiger partial charge in [-0.3, -0.25) is 19.6 Å². The highest BCUT2D eigenvalue weighted by Gasteiger charge is 2.21. The van der Waals surface area contributed by atoms with Crippen LogP contribution in [0.4, 0.5) is 10.7 Å². The minimum absolute atomic E-state index is 0.192. The lowest BCUT2D eigenvalue weighted by atomic mass is 10.1. The molecule has 13 nitrogen and oxygen atoms in total. The van der Waals surface area contributed by atoms with Crippen molar-refractivity contribution < 1.29 is 23.9 Å². The maximum atomic E-state index is 13.2. The zero-order chi connectivity index (χ0) is 28.8. The number of carbonyl (C=O) groups is 3. The summed E-state index contributed by atoms with van der Waals surface area (Å²) < 4.78 is 14.4. The number of methoxy groups -OCH3 is 1. The second-order valence-electron chi connectivity index (χ2n) is 9.58. The first-order valence-corrected chi connectivity index (χ1v) is 13.2. The molecule has 3 heterocycles. The van der Waals surface area contributed by atoms with Crippen LogP contribution in [0.1, 0.15) is 46.3 Å². The van der Waals surface area contributed by atoms with Crippen molar-refractivity contribution in [3.8, 4) is 5.75 Å². The first-order valence-electron chi connectivity index (χ1n) is 13.2. The molecule has 2 aromatic heterocycles. The lowest BCUT2D eigenvalue weighted by Crippen LogP contribution is -2.39. The maximum absolute atomic E-state index is 13.2. The second-order valence-corrected chi connectivity index (χ2v) is 9.58. The van der Waals surface area contributed by atoms with E-state index in [9.17, 15) is 14.4 Å². The summed E-state index contributed by atoms with van der Waals surface area (Å²) in [5.74, 6) is -0.330. The molecule has 0 saturated heterocycles. The number of nitrogens with zero attached hydrogens (tertiary/aromatic N) is 5. The van der Waals surface area contributed by atoms with Gasteiger partial charge < -0.3 is 30.0 Å². The Hall–Kier alpha value is -4.39. The zero-order valence-electron chi connectivity index (χ0n) is 23.3. The Morgan fingerprint density at radius 1 is 1.25 bits per heavy atom. The van der Waals surface area contributed by atoms with E-state index in [1.54, 1.807) is 39.4 Å². The number of carbonyl (C=O) groups excluding carboxylic acids is 3. The summed E-state index contributed by atoms with van der Waals surface area (Å²) in [5, 5.41) is 10.2. The van der Waals surface area contributed by atoms with Crippen LogP contribution in [0.15, 0.2) is 29.8 Å². The number of ether oxygens (including phenoxy) is 2. The van der Waals surface area contributed by atoms with E-state index in [2.05, 4.69) is 26.8 Å². The largest absolute Gasteiger partial charge is 0.494 e. The Morgan fingerprint density at radius 2 is 2.05 bits per heavy atom. The second kappa shape index (κ2) is 12.6. The Kier molecular flexibility index (Phi) is 9.04. The van der Waals surface area contributed by atoms with Crippen molar-refractivity contribution in [3.63, 3.8) is 0 Å². The summed E-state index contributed by atoms with van der Waals surface area (Å²) >= 11 is 0. The molecule has 214 valence electrons. The number of hydrogen-bond acceptors (Lipinski definition) is 7. The van der Waals surface area contributed by atoms with Gasteiger partial charge in [0.05, 0.1) is 31.5 Å². The van der Waals surface area contributed by atoms with Gasteiger partial charge in [0.1, 0.15) is 17.0 Å². The normalized spacial score (nSPS) is 13.2. The number of nitrogens with one attached hydrogen (secondary N) is 2. The Morgan fingerprint density at radius 3 is 2.73 bits per heavy atom. The number of rotatable bonds is 11. The first kappa shape index (κ1) is 28.6. The Bertz CT molecular complexity index is 1440. The summed E-state index contributed by atoms with van der Waals surface area (Å²) in [6.07, 6.45) is 3.50. The summed E-state index contributed by atoms with van der Waals surface area (Å²) in [7, 11) is 3.23. The molecule has 40 heavy (non-hydrogen) atoms. The molecular weight excluding hydrogens is 516 g/mol. The van der Waals surface area contributed by atoms with E-state index in [1.165, 1.54) is 7.11 Å². The van der Waals surface area contributed by atoms with Crippen LogP contribution < -0.4 is 21.1 Å². The number of primary amides is 1. The molecule has 1 aliphatic rings. The Balaban J connectivity index is 1.53. The van der Waals surface area contributed by atoms with E-state index in [1.807, 2.05) is 13.8 Å². The number of hydrogen-bond donors (Lipinski definition) is 3. The van der Waals surface area contributed by atoms with Crippen molar-refractivity contribution in [2.75, 3.05) is 45.8 Å². The molecule has 13 heteroatoms. The number of nitrogens with two attached hydrogens (primary N) is 1. The number of amides is 4.